The molecule has 2 heterocycles. The number of carbonyl (C=O) groups excluding carboxylic acids is 2. The van der Waals surface area contributed by atoms with Crippen LogP contribution in [-0.2, 0) is 4.79 Å². The van der Waals surface area contributed by atoms with E-state index in [1.807, 2.05) is 0 Å². The molecule has 0 radical (unpaired) electrons. The van der Waals surface area contributed by atoms with E-state index in [0.29, 0.717) is 10.9 Å². The maximum atomic E-state index is 12.5. The zero-order valence-electron chi connectivity index (χ0n) is 13.6. The Bertz CT molecular complexity index is 996. The zero-order valence-corrected chi connectivity index (χ0v) is 14.4. The Balaban J connectivity index is 1.84. The summed E-state index contributed by atoms with van der Waals surface area (Å²) in [6.45, 7) is 0. The molecule has 0 saturated carbocycles. The summed E-state index contributed by atoms with van der Waals surface area (Å²) in [5.41, 5.74) is -0.292. The van der Waals surface area contributed by atoms with Gasteiger partial charge in [0.15, 0.2) is 5.13 Å². The van der Waals surface area contributed by atoms with Gasteiger partial charge < -0.3 is 9.73 Å². The molecular weight excluding hydrogens is 372 g/mol. The van der Waals surface area contributed by atoms with Gasteiger partial charge in [-0.05, 0) is 18.2 Å². The summed E-state index contributed by atoms with van der Waals surface area (Å²) in [7, 11) is 0. The van der Waals surface area contributed by atoms with Gasteiger partial charge in [0.2, 0.25) is 0 Å². The van der Waals surface area contributed by atoms with Crippen LogP contribution in [0.2, 0.25) is 0 Å². The summed E-state index contributed by atoms with van der Waals surface area (Å²) in [5.74, 6) is -0.940. The van der Waals surface area contributed by atoms with Gasteiger partial charge in [-0.25, -0.2) is 4.98 Å². The van der Waals surface area contributed by atoms with E-state index in [4.69, 9.17) is 4.42 Å². The van der Waals surface area contributed by atoms with Gasteiger partial charge in [0.1, 0.15) is 11.5 Å². The Morgan fingerprint density at radius 1 is 1.26 bits per heavy atom. The van der Waals surface area contributed by atoms with Crippen LogP contribution in [0.4, 0.5) is 10.8 Å². The number of hydrogen-bond donors (Lipinski definition) is 2. The van der Waals surface area contributed by atoms with Crippen LogP contribution in [0.1, 0.15) is 16.1 Å². The first-order chi connectivity index (χ1) is 13.0. The van der Waals surface area contributed by atoms with Gasteiger partial charge >= 0.3 is 0 Å². The normalized spacial score (nSPS) is 11.0. The molecule has 0 saturated heterocycles. The maximum Gasteiger partial charge on any atom is 0.274 e. The van der Waals surface area contributed by atoms with E-state index in [1.165, 1.54) is 48.1 Å². The first-order valence-corrected chi connectivity index (χ1v) is 8.43. The second-order valence-corrected chi connectivity index (χ2v) is 6.02. The molecule has 0 atom stereocenters. The number of benzene rings is 1. The Labute approximate surface area is 156 Å². The number of nitro benzene ring substituents is 1. The highest BCUT2D eigenvalue weighted by atomic mass is 32.1. The maximum absolute atomic E-state index is 12.5. The molecular formula is C17H12N4O5S. The van der Waals surface area contributed by atoms with Crippen LogP contribution in [-0.4, -0.2) is 21.7 Å². The lowest BCUT2D eigenvalue weighted by atomic mass is 10.2. The first-order valence-electron chi connectivity index (χ1n) is 7.55. The van der Waals surface area contributed by atoms with Crippen molar-refractivity contribution in [1.82, 2.24) is 10.3 Å². The Morgan fingerprint density at radius 2 is 2.11 bits per heavy atom. The number of nitro groups is 1. The van der Waals surface area contributed by atoms with Crippen LogP contribution < -0.4 is 10.6 Å². The minimum absolute atomic E-state index is 0.0385. The average molecular weight is 384 g/mol. The van der Waals surface area contributed by atoms with E-state index in [-0.39, 0.29) is 16.9 Å². The SMILES string of the molecule is O=C(Nc1nccs1)/C(=C/c1ccco1)NC(=O)c1cccc([N+](=O)[O-])c1. The topological polar surface area (TPSA) is 127 Å². The highest BCUT2D eigenvalue weighted by molar-refractivity contribution is 7.13. The van der Waals surface area contributed by atoms with Crippen molar-refractivity contribution in [2.45, 2.75) is 0 Å². The second-order valence-electron chi connectivity index (χ2n) is 5.13. The smallest absolute Gasteiger partial charge is 0.274 e. The quantitative estimate of drug-likeness (QED) is 0.382. The number of rotatable bonds is 6. The highest BCUT2D eigenvalue weighted by Crippen LogP contribution is 2.15. The molecule has 0 bridgehead atoms. The van der Waals surface area contributed by atoms with Gasteiger partial charge in [-0.3, -0.25) is 25.0 Å². The third kappa shape index (κ3) is 4.64. The minimum Gasteiger partial charge on any atom is -0.465 e. The number of carbonyl (C=O) groups is 2. The van der Waals surface area contributed by atoms with E-state index >= 15 is 0 Å². The van der Waals surface area contributed by atoms with Crippen LogP contribution in [0.15, 0.2) is 64.4 Å². The molecule has 2 N–H and O–H groups in total. The van der Waals surface area contributed by atoms with Crippen molar-refractivity contribution in [3.05, 3.63) is 81.4 Å². The lowest BCUT2D eigenvalue weighted by molar-refractivity contribution is -0.384. The number of nitrogens with zero attached hydrogens (tertiary/aromatic N) is 2. The van der Waals surface area contributed by atoms with E-state index in [2.05, 4.69) is 15.6 Å². The molecule has 0 aliphatic rings. The van der Waals surface area contributed by atoms with Crippen LogP contribution in [0, 0.1) is 10.1 Å². The fourth-order valence-electron chi connectivity index (χ4n) is 2.08. The predicted octanol–water partition coefficient (Wildman–Crippen LogP) is 3.05. The standard InChI is InChI=1S/C17H12N4O5S/c22-15(11-3-1-4-12(9-11)21(24)25)19-14(10-13-5-2-7-26-13)16(23)20-17-18-6-8-27-17/h1-10H,(H,19,22)(H,18,20,23)/b14-10-. The number of nitrogens with one attached hydrogen (secondary N) is 2. The summed E-state index contributed by atoms with van der Waals surface area (Å²) in [6.07, 6.45) is 4.29. The molecule has 3 aromatic rings. The molecule has 27 heavy (non-hydrogen) atoms. The summed E-state index contributed by atoms with van der Waals surface area (Å²) < 4.78 is 5.18. The number of hydrogen-bond acceptors (Lipinski definition) is 7. The Kier molecular flexibility index (Phi) is 5.38. The van der Waals surface area contributed by atoms with Gasteiger partial charge in [0.25, 0.3) is 17.5 Å². The molecule has 3 rings (SSSR count). The summed E-state index contributed by atoms with van der Waals surface area (Å²) >= 11 is 1.22. The van der Waals surface area contributed by atoms with Crippen molar-refractivity contribution in [3.63, 3.8) is 0 Å². The third-order valence-corrected chi connectivity index (χ3v) is 3.98. The Hall–Kier alpha value is -3.79. The van der Waals surface area contributed by atoms with E-state index in [1.54, 1.807) is 17.5 Å². The first kappa shape index (κ1) is 18.0. The number of thiazole rings is 1. The van der Waals surface area contributed by atoms with Crippen molar-refractivity contribution in [3.8, 4) is 0 Å². The number of aromatic nitrogens is 1. The Morgan fingerprint density at radius 3 is 2.78 bits per heavy atom. The molecule has 0 aliphatic carbocycles. The van der Waals surface area contributed by atoms with Crippen LogP contribution in [0.3, 0.4) is 0 Å². The monoisotopic (exact) mass is 384 g/mol. The molecule has 0 aliphatic heterocycles. The van der Waals surface area contributed by atoms with Crippen molar-refractivity contribution in [2.24, 2.45) is 0 Å². The van der Waals surface area contributed by atoms with E-state index in [9.17, 15) is 19.7 Å². The lowest BCUT2D eigenvalue weighted by Crippen LogP contribution is -2.30. The van der Waals surface area contributed by atoms with Crippen molar-refractivity contribution >= 4 is 40.0 Å². The number of furan rings is 1. The second kappa shape index (κ2) is 8.06. The fourth-order valence-corrected chi connectivity index (χ4v) is 2.60. The summed E-state index contributed by atoms with van der Waals surface area (Å²) in [4.78, 5) is 39.2. The summed E-state index contributed by atoms with van der Waals surface area (Å²) in [6, 6.07) is 8.43. The molecule has 2 aromatic heterocycles. The number of amides is 2. The van der Waals surface area contributed by atoms with E-state index in [0.717, 1.165) is 6.07 Å². The van der Waals surface area contributed by atoms with Crippen LogP contribution in [0.5, 0.6) is 0 Å². The molecule has 9 nitrogen and oxygen atoms in total. The van der Waals surface area contributed by atoms with Gasteiger partial charge in [-0.15, -0.1) is 11.3 Å². The molecule has 136 valence electrons. The van der Waals surface area contributed by atoms with Crippen LogP contribution in [0.25, 0.3) is 6.08 Å². The molecule has 1 aromatic carbocycles. The zero-order chi connectivity index (χ0) is 19.2. The lowest BCUT2D eigenvalue weighted by Gasteiger charge is -2.09. The predicted molar refractivity (Wildman–Crippen MR) is 98.0 cm³/mol. The van der Waals surface area contributed by atoms with Crippen LogP contribution >= 0.6 is 11.3 Å². The number of non-ortho nitro benzene ring substituents is 1. The molecule has 0 spiro atoms. The highest BCUT2D eigenvalue weighted by Gasteiger charge is 2.18. The van der Waals surface area contributed by atoms with Gasteiger partial charge in [0, 0.05) is 35.3 Å². The van der Waals surface area contributed by atoms with Crippen molar-refractivity contribution in [1.29, 1.82) is 0 Å². The number of anilines is 1. The van der Waals surface area contributed by atoms with Gasteiger partial charge in [-0.1, -0.05) is 6.07 Å². The minimum atomic E-state index is -0.675. The summed E-state index contributed by atoms with van der Waals surface area (Å²) in [5, 5.41) is 17.9. The molecule has 0 fully saturated rings. The fraction of sp³-hybridized carbons (Fsp3) is 0. The van der Waals surface area contributed by atoms with Gasteiger partial charge in [0.05, 0.1) is 11.2 Å². The van der Waals surface area contributed by atoms with Crippen molar-refractivity contribution in [2.75, 3.05) is 5.32 Å². The average Bonchev–Trinajstić information content (AvgIpc) is 3.35. The molecule has 0 unspecified atom stereocenters. The van der Waals surface area contributed by atoms with Crippen molar-refractivity contribution < 1.29 is 18.9 Å². The van der Waals surface area contributed by atoms with E-state index < -0.39 is 16.7 Å². The largest absolute Gasteiger partial charge is 0.465 e. The van der Waals surface area contributed by atoms with Gasteiger partial charge in [-0.2, -0.15) is 0 Å². The molecule has 2 amide bonds. The molecule has 10 heteroatoms. The third-order valence-electron chi connectivity index (χ3n) is 3.29.